The minimum atomic E-state index is -1.23. The fourth-order valence-corrected chi connectivity index (χ4v) is 6.79. The second-order valence-corrected chi connectivity index (χ2v) is 10.9. The number of carbonyl (C=O) groups is 3. The van der Waals surface area contributed by atoms with Crippen LogP contribution >= 0.6 is 11.6 Å². The van der Waals surface area contributed by atoms with Gasteiger partial charge in [-0.2, -0.15) is 0 Å². The zero-order valence-corrected chi connectivity index (χ0v) is 22.9. The summed E-state index contributed by atoms with van der Waals surface area (Å²) in [4.78, 5) is 45.0. The molecule has 1 aromatic carbocycles. The highest BCUT2D eigenvalue weighted by Gasteiger charge is 2.79. The highest BCUT2D eigenvalue weighted by molar-refractivity contribution is 6.34. The molecule has 3 saturated heterocycles. The number of fused-ring (bicyclic) bond motifs is 1. The quantitative estimate of drug-likeness (QED) is 0.243. The maximum atomic E-state index is 14.5. The van der Waals surface area contributed by atoms with Crippen molar-refractivity contribution in [3.8, 4) is 0 Å². The number of ether oxygens (including phenoxy) is 2. The van der Waals surface area contributed by atoms with Gasteiger partial charge in [0, 0.05) is 6.54 Å². The monoisotopic (exact) mass is 544 g/mol. The number of rotatable bonds is 12. The number of anilines is 1. The maximum absolute atomic E-state index is 14.5. The minimum Gasteiger partial charge on any atom is -0.465 e. The number of unbranched alkanes of at least 4 members (excludes halogenated alkanes) is 1. The molecular formula is C29H37ClN2O6. The minimum absolute atomic E-state index is 0.157. The molecule has 3 aliphatic heterocycles. The van der Waals surface area contributed by atoms with E-state index in [0.717, 1.165) is 0 Å². The molecule has 6 atom stereocenters. The Morgan fingerprint density at radius 2 is 2.05 bits per heavy atom. The number of carbonyl (C=O) groups excluding carboxylic acids is 3. The Kier molecular flexibility index (Phi) is 8.35. The van der Waals surface area contributed by atoms with Crippen LogP contribution in [0, 0.1) is 11.8 Å². The molecule has 2 unspecified atom stereocenters. The maximum Gasteiger partial charge on any atom is 0.312 e. The van der Waals surface area contributed by atoms with Gasteiger partial charge in [-0.15, -0.1) is 13.2 Å². The zero-order chi connectivity index (χ0) is 27.7. The van der Waals surface area contributed by atoms with Crippen LogP contribution in [-0.4, -0.2) is 70.8 Å². The van der Waals surface area contributed by atoms with Gasteiger partial charge in [-0.05, 0) is 51.2 Å². The number of allylic oxidation sites excluding steroid dienone is 1. The number of amides is 2. The molecule has 3 heterocycles. The summed E-state index contributed by atoms with van der Waals surface area (Å²) in [7, 11) is 0. The summed E-state index contributed by atoms with van der Waals surface area (Å²) < 4.78 is 12.2. The third kappa shape index (κ3) is 4.46. The Morgan fingerprint density at radius 1 is 1.32 bits per heavy atom. The predicted octanol–water partition coefficient (Wildman–Crippen LogP) is 3.90. The van der Waals surface area contributed by atoms with E-state index in [4.69, 9.17) is 21.1 Å². The summed E-state index contributed by atoms with van der Waals surface area (Å²) in [6.45, 7) is 11.2. The van der Waals surface area contributed by atoms with E-state index < -0.39 is 41.1 Å². The normalized spacial score (nSPS) is 30.2. The lowest BCUT2D eigenvalue weighted by Crippen LogP contribution is -2.59. The fraction of sp³-hybridized carbons (Fsp3) is 0.552. The van der Waals surface area contributed by atoms with E-state index >= 15 is 0 Å². The van der Waals surface area contributed by atoms with Crippen LogP contribution in [0.5, 0.6) is 0 Å². The first-order chi connectivity index (χ1) is 18.2. The summed E-state index contributed by atoms with van der Waals surface area (Å²) in [5.41, 5.74) is -1.67. The lowest BCUT2D eigenvalue weighted by molar-refractivity contribution is -0.160. The van der Waals surface area contributed by atoms with Crippen molar-refractivity contribution < 1.29 is 29.0 Å². The van der Waals surface area contributed by atoms with Crippen LogP contribution in [-0.2, 0) is 23.9 Å². The standard InChI is InChI=1S/C29H37ClN2O6/c1-5-8-11-17-37-27(36)23-22-25(34)32(19(7-3)18-33)24(29(22)15-14-28(23,4)38-29)26(35)31(16-6-2)21-13-10-9-12-20(21)30/h5-6,9-10,12-13,19,22-24,33H,1-2,7-8,11,14-18H2,3-4H3/t19-,22-,23+,24?,28-,29?/m0/s1. The Morgan fingerprint density at radius 3 is 2.68 bits per heavy atom. The van der Waals surface area contributed by atoms with Gasteiger partial charge >= 0.3 is 5.97 Å². The molecule has 8 nitrogen and oxygen atoms in total. The van der Waals surface area contributed by atoms with E-state index in [9.17, 15) is 19.5 Å². The van der Waals surface area contributed by atoms with Crippen molar-refractivity contribution in [1.82, 2.24) is 4.90 Å². The number of para-hydroxylation sites is 1. The molecule has 0 aromatic heterocycles. The van der Waals surface area contributed by atoms with Crippen molar-refractivity contribution in [3.05, 3.63) is 54.6 Å². The summed E-state index contributed by atoms with van der Waals surface area (Å²) in [6, 6.07) is 5.32. The molecule has 1 aromatic rings. The third-order valence-electron chi connectivity index (χ3n) is 8.30. The van der Waals surface area contributed by atoms with E-state index in [1.807, 2.05) is 13.8 Å². The highest BCUT2D eigenvalue weighted by Crippen LogP contribution is 2.64. The van der Waals surface area contributed by atoms with E-state index in [-0.39, 0.29) is 31.6 Å². The summed E-state index contributed by atoms with van der Waals surface area (Å²) in [5.74, 6) is -2.98. The molecule has 1 spiro atoms. The molecule has 2 bridgehead atoms. The molecule has 3 aliphatic rings. The lowest BCUT2D eigenvalue weighted by atomic mass is 9.66. The molecule has 4 rings (SSSR count). The van der Waals surface area contributed by atoms with E-state index in [1.165, 1.54) is 9.80 Å². The van der Waals surface area contributed by atoms with Gasteiger partial charge in [0.15, 0.2) is 0 Å². The van der Waals surface area contributed by atoms with Gasteiger partial charge in [0.05, 0.1) is 41.5 Å². The number of hydrogen-bond acceptors (Lipinski definition) is 6. The second-order valence-electron chi connectivity index (χ2n) is 10.5. The highest BCUT2D eigenvalue weighted by atomic mass is 35.5. The number of nitrogens with zero attached hydrogens (tertiary/aromatic N) is 2. The first-order valence-corrected chi connectivity index (χ1v) is 13.7. The number of likely N-dealkylation sites (tertiary alicyclic amines) is 1. The molecule has 0 saturated carbocycles. The van der Waals surface area contributed by atoms with Crippen molar-refractivity contribution in [1.29, 1.82) is 0 Å². The van der Waals surface area contributed by atoms with E-state index in [2.05, 4.69) is 13.2 Å². The smallest absolute Gasteiger partial charge is 0.312 e. The first-order valence-electron chi connectivity index (χ1n) is 13.3. The first kappa shape index (κ1) is 28.3. The van der Waals surface area contributed by atoms with Gasteiger partial charge in [0.1, 0.15) is 17.6 Å². The predicted molar refractivity (Wildman–Crippen MR) is 145 cm³/mol. The van der Waals surface area contributed by atoms with Crippen LogP contribution in [0.15, 0.2) is 49.6 Å². The summed E-state index contributed by atoms with van der Waals surface area (Å²) in [5, 5.41) is 10.6. The Balaban J connectivity index is 1.78. The Hall–Kier alpha value is -2.68. The van der Waals surface area contributed by atoms with Crippen LogP contribution in [0.25, 0.3) is 0 Å². The number of aliphatic hydroxyl groups is 1. The average molecular weight is 545 g/mol. The molecule has 3 fully saturated rings. The van der Waals surface area contributed by atoms with Gasteiger partial charge in [-0.25, -0.2) is 0 Å². The van der Waals surface area contributed by atoms with Gasteiger partial charge in [0.2, 0.25) is 5.91 Å². The molecule has 1 N–H and O–H groups in total. The number of aliphatic hydroxyl groups excluding tert-OH is 1. The van der Waals surface area contributed by atoms with Crippen LogP contribution < -0.4 is 4.90 Å². The largest absolute Gasteiger partial charge is 0.465 e. The van der Waals surface area contributed by atoms with Crippen molar-refractivity contribution >= 4 is 35.1 Å². The summed E-state index contributed by atoms with van der Waals surface area (Å²) in [6.07, 6.45) is 6.05. The van der Waals surface area contributed by atoms with Gasteiger partial charge in [0.25, 0.3) is 5.91 Å². The van der Waals surface area contributed by atoms with Crippen LogP contribution in [0.4, 0.5) is 5.69 Å². The number of benzene rings is 1. The SMILES string of the molecule is C=CCCCOC(=O)[C@H]1[C@H]2C(=O)N([C@@H](CC)CO)C(C(=O)N(CC=C)c3ccccc3Cl)C23CC[C@]1(C)O3. The van der Waals surface area contributed by atoms with Crippen LogP contribution in [0.2, 0.25) is 5.02 Å². The van der Waals surface area contributed by atoms with E-state index in [0.29, 0.717) is 42.8 Å². The molecule has 2 amide bonds. The van der Waals surface area contributed by atoms with Crippen molar-refractivity contribution in [2.75, 3.05) is 24.7 Å². The third-order valence-corrected chi connectivity index (χ3v) is 8.62. The summed E-state index contributed by atoms with van der Waals surface area (Å²) >= 11 is 6.49. The Labute approximate surface area is 229 Å². The second kappa shape index (κ2) is 11.2. The van der Waals surface area contributed by atoms with Crippen molar-refractivity contribution in [2.45, 2.75) is 69.2 Å². The van der Waals surface area contributed by atoms with Crippen LogP contribution in [0.1, 0.15) is 46.0 Å². The number of esters is 1. The fourth-order valence-electron chi connectivity index (χ4n) is 6.55. The van der Waals surface area contributed by atoms with E-state index in [1.54, 1.807) is 36.4 Å². The molecular weight excluding hydrogens is 508 g/mol. The molecule has 0 aliphatic carbocycles. The zero-order valence-electron chi connectivity index (χ0n) is 22.1. The lowest BCUT2D eigenvalue weighted by Gasteiger charge is -2.39. The van der Waals surface area contributed by atoms with Crippen molar-refractivity contribution in [2.24, 2.45) is 11.8 Å². The Bertz CT molecular complexity index is 1110. The molecule has 9 heteroatoms. The topological polar surface area (TPSA) is 96.4 Å². The number of halogens is 1. The van der Waals surface area contributed by atoms with Gasteiger partial charge in [-0.3, -0.25) is 14.4 Å². The molecule has 206 valence electrons. The molecule has 0 radical (unpaired) electrons. The van der Waals surface area contributed by atoms with Gasteiger partial charge < -0.3 is 24.4 Å². The number of hydrogen-bond donors (Lipinski definition) is 1. The molecule has 38 heavy (non-hydrogen) atoms. The van der Waals surface area contributed by atoms with Gasteiger partial charge in [-0.1, -0.05) is 42.8 Å². The van der Waals surface area contributed by atoms with Crippen molar-refractivity contribution in [3.63, 3.8) is 0 Å². The average Bonchev–Trinajstić information content (AvgIpc) is 3.47. The van der Waals surface area contributed by atoms with Crippen LogP contribution in [0.3, 0.4) is 0 Å².